The zero-order chi connectivity index (χ0) is 22.0. The summed E-state index contributed by atoms with van der Waals surface area (Å²) in [6.45, 7) is 1.85. The Morgan fingerprint density at radius 3 is 2.90 bits per heavy atom. The average molecular weight is 483 g/mol. The Morgan fingerprint density at radius 2 is 2.13 bits per heavy atom. The highest BCUT2D eigenvalue weighted by molar-refractivity contribution is 7.18. The maximum atomic E-state index is 15.0. The van der Waals surface area contributed by atoms with Crippen LogP contribution in [0.15, 0.2) is 24.4 Å². The topological polar surface area (TPSA) is 67.4 Å². The first-order valence-electron chi connectivity index (χ1n) is 9.87. The maximum Gasteiger partial charge on any atom is 0.223 e. The quantitative estimate of drug-likeness (QED) is 0.552. The standard InChI is InChI=1S/C21H21Cl2FN4O2S/c1-28-6-4-12(5-7-28)20(29)25-10-14-15(23)2-3-17(19(14)24)30-11-18-27-16-8-13(22)9-26-21(16)31-18/h2-3,8-9,12H,4-7,10-11H2,1H3,(H,25,29). The lowest BCUT2D eigenvalue weighted by Crippen LogP contribution is -2.38. The molecule has 1 aromatic carbocycles. The van der Waals surface area contributed by atoms with E-state index in [1.54, 1.807) is 18.3 Å². The van der Waals surface area contributed by atoms with Crippen molar-refractivity contribution in [3.63, 3.8) is 0 Å². The number of pyridine rings is 1. The summed E-state index contributed by atoms with van der Waals surface area (Å²) in [5.74, 6) is -0.661. The molecule has 31 heavy (non-hydrogen) atoms. The Bertz CT molecular complexity index is 1100. The van der Waals surface area contributed by atoms with E-state index in [1.807, 2.05) is 7.05 Å². The Labute approximate surface area is 193 Å². The van der Waals surface area contributed by atoms with E-state index in [9.17, 15) is 4.79 Å². The van der Waals surface area contributed by atoms with Crippen molar-refractivity contribution in [3.8, 4) is 5.75 Å². The number of nitrogens with zero attached hydrogens (tertiary/aromatic N) is 3. The smallest absolute Gasteiger partial charge is 0.223 e. The minimum absolute atomic E-state index is 0.0105. The van der Waals surface area contributed by atoms with Crippen LogP contribution in [-0.2, 0) is 17.9 Å². The van der Waals surface area contributed by atoms with Crippen LogP contribution in [0.5, 0.6) is 5.75 Å². The van der Waals surface area contributed by atoms with E-state index in [-0.39, 0.29) is 41.3 Å². The number of hydrogen-bond acceptors (Lipinski definition) is 6. The second-order valence-corrected chi connectivity index (χ2v) is 9.41. The van der Waals surface area contributed by atoms with E-state index in [0.717, 1.165) is 30.8 Å². The van der Waals surface area contributed by atoms with Crippen molar-refractivity contribution in [2.24, 2.45) is 5.92 Å². The predicted molar refractivity (Wildman–Crippen MR) is 120 cm³/mol. The fourth-order valence-corrected chi connectivity index (χ4v) is 4.65. The number of nitrogens with one attached hydrogen (secondary N) is 1. The number of hydrogen-bond donors (Lipinski definition) is 1. The first-order valence-corrected chi connectivity index (χ1v) is 11.4. The summed E-state index contributed by atoms with van der Waals surface area (Å²) in [5.41, 5.74) is 0.878. The summed E-state index contributed by atoms with van der Waals surface area (Å²) in [6.07, 6.45) is 3.14. The van der Waals surface area contributed by atoms with E-state index in [4.69, 9.17) is 27.9 Å². The molecule has 10 heteroatoms. The van der Waals surface area contributed by atoms with Gasteiger partial charge in [-0.25, -0.2) is 14.4 Å². The van der Waals surface area contributed by atoms with Gasteiger partial charge in [0.05, 0.1) is 5.02 Å². The third-order valence-electron chi connectivity index (χ3n) is 5.29. The van der Waals surface area contributed by atoms with Crippen molar-refractivity contribution >= 4 is 50.8 Å². The third-order valence-corrected chi connectivity index (χ3v) is 6.80. The van der Waals surface area contributed by atoms with Gasteiger partial charge in [-0.3, -0.25) is 4.79 Å². The number of rotatable bonds is 6. The molecule has 0 atom stereocenters. The zero-order valence-electron chi connectivity index (χ0n) is 16.8. The fraction of sp³-hybridized carbons (Fsp3) is 0.381. The van der Waals surface area contributed by atoms with Crippen molar-refractivity contribution in [2.75, 3.05) is 20.1 Å². The molecule has 3 heterocycles. The molecule has 4 rings (SSSR count). The van der Waals surface area contributed by atoms with E-state index < -0.39 is 5.82 Å². The number of ether oxygens (including phenoxy) is 1. The molecule has 1 saturated heterocycles. The molecule has 0 aliphatic carbocycles. The molecule has 1 aliphatic heterocycles. The molecule has 0 spiro atoms. The Balaban J connectivity index is 1.41. The van der Waals surface area contributed by atoms with Crippen molar-refractivity contribution in [3.05, 3.63) is 50.8 Å². The van der Waals surface area contributed by atoms with Crippen LogP contribution in [0.2, 0.25) is 10.0 Å². The summed E-state index contributed by atoms with van der Waals surface area (Å²) < 4.78 is 20.7. The summed E-state index contributed by atoms with van der Waals surface area (Å²) in [5, 5.41) is 4.21. The number of carbonyl (C=O) groups excluding carboxylic acids is 1. The lowest BCUT2D eigenvalue weighted by molar-refractivity contribution is -0.126. The van der Waals surface area contributed by atoms with E-state index in [2.05, 4.69) is 20.2 Å². The van der Waals surface area contributed by atoms with Crippen LogP contribution in [0.4, 0.5) is 4.39 Å². The van der Waals surface area contributed by atoms with Crippen molar-refractivity contribution in [2.45, 2.75) is 26.0 Å². The highest BCUT2D eigenvalue weighted by atomic mass is 35.5. The monoisotopic (exact) mass is 482 g/mol. The Kier molecular flexibility index (Phi) is 6.91. The number of benzene rings is 1. The first kappa shape index (κ1) is 22.2. The van der Waals surface area contributed by atoms with Crippen LogP contribution in [0.25, 0.3) is 10.3 Å². The Morgan fingerprint density at radius 1 is 1.35 bits per heavy atom. The van der Waals surface area contributed by atoms with Gasteiger partial charge in [-0.2, -0.15) is 0 Å². The van der Waals surface area contributed by atoms with Gasteiger partial charge in [0, 0.05) is 29.2 Å². The molecule has 0 saturated carbocycles. The molecule has 3 aromatic rings. The van der Waals surface area contributed by atoms with Gasteiger partial charge in [-0.1, -0.05) is 34.5 Å². The fourth-order valence-electron chi connectivity index (χ4n) is 3.49. The highest BCUT2D eigenvalue weighted by Gasteiger charge is 2.24. The van der Waals surface area contributed by atoms with Crippen LogP contribution in [0.1, 0.15) is 23.4 Å². The summed E-state index contributed by atoms with van der Waals surface area (Å²) >= 11 is 13.5. The van der Waals surface area contributed by atoms with E-state index in [1.165, 1.54) is 17.4 Å². The molecule has 1 amide bonds. The Hall–Kier alpha value is -2.00. The second-order valence-electron chi connectivity index (χ2n) is 7.51. The molecule has 1 N–H and O–H groups in total. The molecular weight excluding hydrogens is 462 g/mol. The van der Waals surface area contributed by atoms with Crippen molar-refractivity contribution < 1.29 is 13.9 Å². The van der Waals surface area contributed by atoms with Gasteiger partial charge in [0.25, 0.3) is 0 Å². The molecule has 0 bridgehead atoms. The van der Waals surface area contributed by atoms with Gasteiger partial charge < -0.3 is 15.0 Å². The highest BCUT2D eigenvalue weighted by Crippen LogP contribution is 2.29. The average Bonchev–Trinajstić information content (AvgIpc) is 3.15. The number of carbonyl (C=O) groups is 1. The van der Waals surface area contributed by atoms with Gasteiger partial charge in [0.15, 0.2) is 11.6 Å². The normalized spacial score (nSPS) is 15.4. The van der Waals surface area contributed by atoms with Gasteiger partial charge in [0.1, 0.15) is 22.0 Å². The summed E-state index contributed by atoms with van der Waals surface area (Å²) in [7, 11) is 2.04. The van der Waals surface area contributed by atoms with Gasteiger partial charge in [-0.15, -0.1) is 0 Å². The minimum Gasteiger partial charge on any atom is -0.483 e. The first-order chi connectivity index (χ1) is 14.9. The van der Waals surface area contributed by atoms with Crippen LogP contribution in [-0.4, -0.2) is 40.9 Å². The van der Waals surface area contributed by atoms with Crippen molar-refractivity contribution in [1.29, 1.82) is 0 Å². The molecule has 0 unspecified atom stereocenters. The minimum atomic E-state index is -0.585. The molecule has 164 valence electrons. The van der Waals surface area contributed by atoms with Gasteiger partial charge in [0.2, 0.25) is 5.91 Å². The SMILES string of the molecule is CN1CCC(C(=O)NCc2c(Cl)ccc(OCc3nc4cc(Cl)cnc4s3)c2F)CC1. The molecule has 2 aromatic heterocycles. The number of fused-ring (bicyclic) bond motifs is 1. The van der Waals surface area contributed by atoms with Crippen LogP contribution in [0.3, 0.4) is 0 Å². The van der Waals surface area contributed by atoms with E-state index in [0.29, 0.717) is 15.5 Å². The van der Waals surface area contributed by atoms with Gasteiger partial charge >= 0.3 is 0 Å². The van der Waals surface area contributed by atoms with E-state index >= 15 is 4.39 Å². The van der Waals surface area contributed by atoms with Crippen LogP contribution < -0.4 is 10.1 Å². The third kappa shape index (κ3) is 5.26. The number of thiazole rings is 1. The van der Waals surface area contributed by atoms with Gasteiger partial charge in [-0.05, 0) is 51.2 Å². The zero-order valence-corrected chi connectivity index (χ0v) is 19.2. The maximum absolute atomic E-state index is 15.0. The molecule has 1 fully saturated rings. The number of halogens is 3. The molecule has 0 radical (unpaired) electrons. The number of likely N-dealkylation sites (tertiary alicyclic amines) is 1. The number of aromatic nitrogens is 2. The lowest BCUT2D eigenvalue weighted by atomic mass is 9.96. The predicted octanol–water partition coefficient (Wildman–Crippen LogP) is 4.67. The molecule has 6 nitrogen and oxygen atoms in total. The number of piperidine rings is 1. The number of amides is 1. The van der Waals surface area contributed by atoms with Crippen molar-refractivity contribution in [1.82, 2.24) is 20.2 Å². The van der Waals surface area contributed by atoms with Crippen LogP contribution in [0, 0.1) is 11.7 Å². The molecule has 1 aliphatic rings. The lowest BCUT2D eigenvalue weighted by Gasteiger charge is -2.28. The molecular formula is C21H21Cl2FN4O2S. The largest absolute Gasteiger partial charge is 0.483 e. The van der Waals surface area contributed by atoms with Crippen LogP contribution >= 0.6 is 34.5 Å². The second kappa shape index (κ2) is 9.65. The summed E-state index contributed by atoms with van der Waals surface area (Å²) in [4.78, 5) is 24.0. The summed E-state index contributed by atoms with van der Waals surface area (Å²) in [6, 6.07) is 4.76.